The summed E-state index contributed by atoms with van der Waals surface area (Å²) < 4.78 is 5.19. The van der Waals surface area contributed by atoms with Crippen LogP contribution in [-0.2, 0) is 20.9 Å². The molecule has 28 heavy (non-hydrogen) atoms. The minimum Gasteiger partial charge on any atom is -0.458 e. The lowest BCUT2D eigenvalue weighted by molar-refractivity contribution is -0.138. The Morgan fingerprint density at radius 2 is 1.86 bits per heavy atom. The van der Waals surface area contributed by atoms with Gasteiger partial charge in [0.2, 0.25) is 5.91 Å². The molecule has 1 aromatic heterocycles. The lowest BCUT2D eigenvalue weighted by Gasteiger charge is -2.17. The molecule has 1 amide bonds. The van der Waals surface area contributed by atoms with E-state index in [4.69, 9.17) is 16.3 Å². The van der Waals surface area contributed by atoms with Crippen LogP contribution in [0.3, 0.4) is 0 Å². The highest BCUT2D eigenvalue weighted by Gasteiger charge is 2.17. The van der Waals surface area contributed by atoms with E-state index in [0.717, 1.165) is 11.3 Å². The highest BCUT2D eigenvalue weighted by atomic mass is 35.5. The first kappa shape index (κ1) is 19.8. The second-order valence-electron chi connectivity index (χ2n) is 5.81. The zero-order valence-corrected chi connectivity index (χ0v) is 16.6. The maximum Gasteiger partial charge on any atom is 0.331 e. The van der Waals surface area contributed by atoms with Crippen LogP contribution in [0.15, 0.2) is 66.1 Å². The Bertz CT molecular complexity index is 984. The second kappa shape index (κ2) is 9.30. The second-order valence-corrected chi connectivity index (χ2v) is 7.09. The Hall–Kier alpha value is -2.96. The van der Waals surface area contributed by atoms with E-state index in [2.05, 4.69) is 4.98 Å². The minimum atomic E-state index is -0.476. The van der Waals surface area contributed by atoms with Gasteiger partial charge in [0, 0.05) is 23.4 Å². The van der Waals surface area contributed by atoms with Crippen molar-refractivity contribution in [2.24, 2.45) is 0 Å². The molecule has 0 atom stereocenters. The van der Waals surface area contributed by atoms with Gasteiger partial charge in [-0.2, -0.15) is 0 Å². The van der Waals surface area contributed by atoms with Crippen LogP contribution in [0, 0.1) is 0 Å². The van der Waals surface area contributed by atoms with Crippen molar-refractivity contribution in [3.8, 4) is 0 Å². The first-order valence-corrected chi connectivity index (χ1v) is 9.69. The molecule has 0 unspecified atom stereocenters. The number of halogens is 1. The molecule has 0 N–H and O–H groups in total. The fraction of sp³-hybridized carbons (Fsp3) is 0.0952. The Kier molecular flexibility index (Phi) is 6.57. The smallest absolute Gasteiger partial charge is 0.331 e. The molecule has 0 bridgehead atoms. The van der Waals surface area contributed by atoms with Crippen molar-refractivity contribution in [1.29, 1.82) is 0 Å². The van der Waals surface area contributed by atoms with Gasteiger partial charge in [-0.1, -0.05) is 41.9 Å². The number of hydrogen-bond acceptors (Lipinski definition) is 5. The largest absolute Gasteiger partial charge is 0.458 e. The normalized spacial score (nSPS) is 10.8. The zero-order valence-electron chi connectivity index (χ0n) is 15.0. The Balaban J connectivity index is 1.63. The predicted molar refractivity (Wildman–Crippen MR) is 112 cm³/mol. The van der Waals surface area contributed by atoms with Crippen molar-refractivity contribution in [3.05, 3.63) is 82.3 Å². The average molecular weight is 413 g/mol. The zero-order chi connectivity index (χ0) is 19.9. The number of benzene rings is 2. The fourth-order valence-electron chi connectivity index (χ4n) is 2.40. The molecule has 0 saturated heterocycles. The summed E-state index contributed by atoms with van der Waals surface area (Å²) in [5, 5.41) is 2.94. The lowest BCUT2D eigenvalue weighted by Crippen LogP contribution is -2.22. The third kappa shape index (κ3) is 5.28. The van der Waals surface area contributed by atoms with Crippen molar-refractivity contribution in [1.82, 2.24) is 4.98 Å². The lowest BCUT2D eigenvalue weighted by atomic mass is 10.2. The molecule has 3 rings (SSSR count). The number of carbonyl (C=O) groups excluding carboxylic acids is 2. The summed E-state index contributed by atoms with van der Waals surface area (Å²) in [5.74, 6) is -0.616. The third-order valence-corrected chi connectivity index (χ3v) is 4.81. The number of amides is 1. The van der Waals surface area contributed by atoms with Gasteiger partial charge in [-0.3, -0.25) is 9.69 Å². The molecule has 0 saturated carbocycles. The highest BCUT2D eigenvalue weighted by molar-refractivity contribution is 7.14. The number of nitrogens with zero attached hydrogens (tertiary/aromatic N) is 2. The molecule has 0 aliphatic carbocycles. The van der Waals surface area contributed by atoms with Crippen LogP contribution in [0.2, 0.25) is 5.02 Å². The van der Waals surface area contributed by atoms with Crippen LogP contribution < -0.4 is 4.90 Å². The number of para-hydroxylation sites is 1. The van der Waals surface area contributed by atoms with E-state index in [1.807, 2.05) is 30.3 Å². The number of rotatable bonds is 6. The summed E-state index contributed by atoms with van der Waals surface area (Å²) in [4.78, 5) is 29.9. The van der Waals surface area contributed by atoms with E-state index in [9.17, 15) is 9.59 Å². The van der Waals surface area contributed by atoms with Gasteiger partial charge >= 0.3 is 5.97 Å². The van der Waals surface area contributed by atoms with E-state index < -0.39 is 5.97 Å². The SMILES string of the molecule is CC(=O)N(c1ccccc1)c1nc(/C=C/C(=O)OCc2ccc(Cl)cc2)cs1. The molecule has 0 aliphatic rings. The van der Waals surface area contributed by atoms with Gasteiger partial charge in [0.25, 0.3) is 0 Å². The summed E-state index contributed by atoms with van der Waals surface area (Å²) in [6, 6.07) is 16.4. The summed E-state index contributed by atoms with van der Waals surface area (Å²) in [5.41, 5.74) is 2.16. The highest BCUT2D eigenvalue weighted by Crippen LogP contribution is 2.29. The van der Waals surface area contributed by atoms with Crippen molar-refractivity contribution < 1.29 is 14.3 Å². The molecule has 5 nitrogen and oxygen atoms in total. The van der Waals surface area contributed by atoms with Gasteiger partial charge < -0.3 is 4.74 Å². The summed E-state index contributed by atoms with van der Waals surface area (Å²) in [6.07, 6.45) is 2.88. The topological polar surface area (TPSA) is 59.5 Å². The van der Waals surface area contributed by atoms with E-state index >= 15 is 0 Å². The van der Waals surface area contributed by atoms with Crippen LogP contribution in [0.5, 0.6) is 0 Å². The molecule has 0 radical (unpaired) electrons. The van der Waals surface area contributed by atoms with Gasteiger partial charge in [0.15, 0.2) is 5.13 Å². The number of aromatic nitrogens is 1. The third-order valence-electron chi connectivity index (χ3n) is 3.71. The number of esters is 1. The molecule has 1 heterocycles. The molecular weight excluding hydrogens is 396 g/mol. The molecule has 0 aliphatic heterocycles. The standard InChI is InChI=1S/C21H17ClN2O3S/c1-15(25)24(19-5-3-2-4-6-19)21-23-18(14-28-21)11-12-20(26)27-13-16-7-9-17(22)10-8-16/h2-12,14H,13H2,1H3/b12-11+. The van der Waals surface area contributed by atoms with Crippen LogP contribution in [0.25, 0.3) is 6.08 Å². The molecule has 7 heteroatoms. The van der Waals surface area contributed by atoms with Gasteiger partial charge in [0.05, 0.1) is 11.4 Å². The molecule has 2 aromatic carbocycles. The Morgan fingerprint density at radius 1 is 1.14 bits per heavy atom. The number of anilines is 2. The number of thiazole rings is 1. The van der Waals surface area contributed by atoms with Crippen molar-refractivity contribution in [2.75, 3.05) is 4.90 Å². The first-order valence-electron chi connectivity index (χ1n) is 8.43. The number of ether oxygens (including phenoxy) is 1. The monoisotopic (exact) mass is 412 g/mol. The van der Waals surface area contributed by atoms with Crippen LogP contribution in [0.1, 0.15) is 18.2 Å². The minimum absolute atomic E-state index is 0.140. The Morgan fingerprint density at radius 3 is 2.54 bits per heavy atom. The van der Waals surface area contributed by atoms with Crippen molar-refractivity contribution >= 4 is 51.7 Å². The van der Waals surface area contributed by atoms with Crippen LogP contribution >= 0.6 is 22.9 Å². The van der Waals surface area contributed by atoms with E-state index in [1.54, 1.807) is 35.7 Å². The van der Waals surface area contributed by atoms with E-state index in [-0.39, 0.29) is 12.5 Å². The molecule has 3 aromatic rings. The van der Waals surface area contributed by atoms with Crippen LogP contribution in [0.4, 0.5) is 10.8 Å². The molecular formula is C21H17ClN2O3S. The van der Waals surface area contributed by atoms with Gasteiger partial charge in [-0.05, 0) is 35.9 Å². The van der Waals surface area contributed by atoms with Crippen molar-refractivity contribution in [2.45, 2.75) is 13.5 Å². The number of carbonyl (C=O) groups is 2. The van der Waals surface area contributed by atoms with Gasteiger partial charge in [-0.15, -0.1) is 11.3 Å². The fourth-order valence-corrected chi connectivity index (χ4v) is 3.38. The predicted octanol–water partition coefficient (Wildman–Crippen LogP) is 5.24. The van der Waals surface area contributed by atoms with Crippen molar-refractivity contribution in [3.63, 3.8) is 0 Å². The molecule has 0 spiro atoms. The summed E-state index contributed by atoms with van der Waals surface area (Å²) >= 11 is 7.15. The van der Waals surface area contributed by atoms with E-state index in [1.165, 1.54) is 29.2 Å². The Labute approximate surface area is 171 Å². The van der Waals surface area contributed by atoms with Gasteiger partial charge in [0.1, 0.15) is 6.61 Å². The molecule has 0 fully saturated rings. The average Bonchev–Trinajstić information content (AvgIpc) is 3.15. The molecule has 142 valence electrons. The van der Waals surface area contributed by atoms with E-state index in [0.29, 0.717) is 15.8 Å². The maximum absolute atomic E-state index is 12.1. The number of hydrogen-bond donors (Lipinski definition) is 0. The summed E-state index contributed by atoms with van der Waals surface area (Å²) in [6.45, 7) is 1.65. The maximum atomic E-state index is 12.1. The first-order chi connectivity index (χ1) is 13.5. The summed E-state index contributed by atoms with van der Waals surface area (Å²) in [7, 11) is 0. The quantitative estimate of drug-likeness (QED) is 0.410. The van der Waals surface area contributed by atoms with Crippen LogP contribution in [-0.4, -0.2) is 16.9 Å². The van der Waals surface area contributed by atoms with Gasteiger partial charge in [-0.25, -0.2) is 9.78 Å².